The zero-order chi connectivity index (χ0) is 18.6. The first kappa shape index (κ1) is 18.1. The summed E-state index contributed by atoms with van der Waals surface area (Å²) in [6.07, 6.45) is 4.82. The zero-order valence-corrected chi connectivity index (χ0v) is 16.1. The number of nitrogens with zero attached hydrogens (tertiary/aromatic N) is 1. The average Bonchev–Trinajstić information content (AvgIpc) is 3.15. The molecule has 0 saturated heterocycles. The van der Waals surface area contributed by atoms with Crippen LogP contribution in [0.1, 0.15) is 42.9 Å². The molecule has 5 heteroatoms. The number of hydrogen-bond acceptors (Lipinski definition) is 3. The predicted molar refractivity (Wildman–Crippen MR) is 109 cm³/mol. The fourth-order valence-electron chi connectivity index (χ4n) is 3.89. The Bertz CT molecular complexity index is 818. The van der Waals surface area contributed by atoms with E-state index in [0.29, 0.717) is 6.42 Å². The van der Waals surface area contributed by atoms with E-state index in [1.54, 1.807) is 16.7 Å². The van der Waals surface area contributed by atoms with Crippen molar-refractivity contribution in [3.8, 4) is 0 Å². The molecule has 1 fully saturated rings. The lowest BCUT2D eigenvalue weighted by atomic mass is 10.1. The van der Waals surface area contributed by atoms with E-state index in [-0.39, 0.29) is 29.7 Å². The monoisotopic (exact) mass is 380 g/mol. The molecule has 27 heavy (non-hydrogen) atoms. The molecule has 0 bridgehead atoms. The summed E-state index contributed by atoms with van der Waals surface area (Å²) in [5.41, 5.74) is 1.98. The summed E-state index contributed by atoms with van der Waals surface area (Å²) in [4.78, 5) is 28.3. The van der Waals surface area contributed by atoms with E-state index in [4.69, 9.17) is 0 Å². The van der Waals surface area contributed by atoms with E-state index >= 15 is 0 Å². The van der Waals surface area contributed by atoms with Crippen molar-refractivity contribution in [2.75, 3.05) is 11.4 Å². The molecule has 2 amide bonds. The van der Waals surface area contributed by atoms with Crippen LogP contribution in [-0.4, -0.2) is 24.4 Å². The van der Waals surface area contributed by atoms with Crippen LogP contribution in [0.4, 0.5) is 5.69 Å². The van der Waals surface area contributed by atoms with Crippen LogP contribution in [0.5, 0.6) is 0 Å². The van der Waals surface area contributed by atoms with Crippen molar-refractivity contribution in [1.29, 1.82) is 0 Å². The van der Waals surface area contributed by atoms with Crippen molar-refractivity contribution in [3.05, 3.63) is 60.2 Å². The molecule has 0 spiro atoms. The van der Waals surface area contributed by atoms with Crippen LogP contribution in [0.25, 0.3) is 0 Å². The number of amides is 2. The van der Waals surface area contributed by atoms with Gasteiger partial charge in [-0.15, -0.1) is 11.8 Å². The van der Waals surface area contributed by atoms with Gasteiger partial charge in [-0.3, -0.25) is 9.59 Å². The zero-order valence-electron chi connectivity index (χ0n) is 15.3. The number of nitrogens with one attached hydrogen (secondary N) is 1. The van der Waals surface area contributed by atoms with Gasteiger partial charge in [0, 0.05) is 22.6 Å². The van der Waals surface area contributed by atoms with Crippen LogP contribution in [0, 0.1) is 0 Å². The highest BCUT2D eigenvalue weighted by molar-refractivity contribution is 7.99. The molecular formula is C22H24N2O2S. The van der Waals surface area contributed by atoms with Gasteiger partial charge >= 0.3 is 0 Å². The van der Waals surface area contributed by atoms with Crippen LogP contribution in [0.3, 0.4) is 0 Å². The average molecular weight is 381 g/mol. The maximum Gasteiger partial charge on any atom is 0.240 e. The van der Waals surface area contributed by atoms with E-state index < -0.39 is 0 Å². The highest BCUT2D eigenvalue weighted by Crippen LogP contribution is 2.45. The van der Waals surface area contributed by atoms with Crippen molar-refractivity contribution in [1.82, 2.24) is 5.32 Å². The number of para-hydroxylation sites is 1. The number of fused-ring (bicyclic) bond motifs is 1. The third kappa shape index (κ3) is 4.19. The molecule has 1 heterocycles. The summed E-state index contributed by atoms with van der Waals surface area (Å²) in [6, 6.07) is 18.3. The van der Waals surface area contributed by atoms with Crippen molar-refractivity contribution in [3.63, 3.8) is 0 Å². The maximum absolute atomic E-state index is 13.1. The first-order valence-corrected chi connectivity index (χ1v) is 10.5. The summed E-state index contributed by atoms with van der Waals surface area (Å²) < 4.78 is 0. The van der Waals surface area contributed by atoms with Crippen LogP contribution in [0.2, 0.25) is 0 Å². The molecule has 4 nitrogen and oxygen atoms in total. The number of thioether (sulfide) groups is 1. The normalized spacial score (nSPS) is 20.2. The Hall–Kier alpha value is -2.27. The summed E-state index contributed by atoms with van der Waals surface area (Å²) >= 11 is 1.70. The Morgan fingerprint density at radius 3 is 2.52 bits per heavy atom. The fourth-order valence-corrected chi connectivity index (χ4v) is 5.17. The largest absolute Gasteiger partial charge is 0.352 e. The van der Waals surface area contributed by atoms with Crippen LogP contribution < -0.4 is 10.2 Å². The molecule has 2 aromatic rings. The molecule has 140 valence electrons. The second-order valence-electron chi connectivity index (χ2n) is 7.22. The van der Waals surface area contributed by atoms with E-state index in [1.807, 2.05) is 42.5 Å². The van der Waals surface area contributed by atoms with Crippen molar-refractivity contribution in [2.24, 2.45) is 0 Å². The smallest absolute Gasteiger partial charge is 0.240 e. The number of carbonyl (C=O) groups excluding carboxylic acids is 2. The van der Waals surface area contributed by atoms with E-state index in [1.165, 1.54) is 12.8 Å². The Balaban J connectivity index is 1.56. The lowest BCUT2D eigenvalue weighted by Crippen LogP contribution is -2.43. The molecule has 0 aromatic heterocycles. The summed E-state index contributed by atoms with van der Waals surface area (Å²) in [5.74, 6) is -0.0592. The molecule has 1 aliphatic carbocycles. The van der Waals surface area contributed by atoms with Gasteiger partial charge in [-0.2, -0.15) is 0 Å². The van der Waals surface area contributed by atoms with Gasteiger partial charge in [-0.1, -0.05) is 55.3 Å². The number of carbonyl (C=O) groups is 2. The highest BCUT2D eigenvalue weighted by Gasteiger charge is 2.30. The minimum atomic E-state index is -0.0618. The van der Waals surface area contributed by atoms with Gasteiger partial charge in [-0.05, 0) is 30.5 Å². The maximum atomic E-state index is 13.1. The SMILES string of the molecule is O=C(CN1C(=O)C[C@@H](c2ccccc2)Sc2ccccc21)NC1CCCC1. The van der Waals surface area contributed by atoms with Crippen LogP contribution in [-0.2, 0) is 9.59 Å². The Labute approximate surface area is 164 Å². The minimum Gasteiger partial charge on any atom is -0.352 e. The van der Waals surface area contributed by atoms with Gasteiger partial charge in [0.15, 0.2) is 0 Å². The lowest BCUT2D eigenvalue weighted by Gasteiger charge is -2.23. The lowest BCUT2D eigenvalue weighted by molar-refractivity contribution is -0.124. The van der Waals surface area contributed by atoms with E-state index in [9.17, 15) is 9.59 Å². The van der Waals surface area contributed by atoms with Crippen LogP contribution in [0.15, 0.2) is 59.5 Å². The van der Waals surface area contributed by atoms with Gasteiger partial charge in [-0.25, -0.2) is 0 Å². The van der Waals surface area contributed by atoms with Crippen LogP contribution >= 0.6 is 11.8 Å². The predicted octanol–water partition coefficient (Wildman–Crippen LogP) is 4.32. The number of rotatable bonds is 4. The third-order valence-corrected chi connectivity index (χ3v) is 6.60. The molecule has 1 atom stereocenters. The van der Waals surface area contributed by atoms with E-state index in [0.717, 1.165) is 29.0 Å². The molecule has 2 aromatic carbocycles. The number of hydrogen-bond donors (Lipinski definition) is 1. The topological polar surface area (TPSA) is 49.4 Å². The molecule has 2 aliphatic rings. The van der Waals surface area contributed by atoms with Crippen molar-refractivity contribution >= 4 is 29.3 Å². The summed E-state index contributed by atoms with van der Waals surface area (Å²) in [7, 11) is 0. The van der Waals surface area contributed by atoms with E-state index in [2.05, 4.69) is 17.4 Å². The van der Waals surface area contributed by atoms with Crippen molar-refractivity contribution < 1.29 is 9.59 Å². The first-order valence-electron chi connectivity index (χ1n) is 9.61. The molecule has 0 radical (unpaired) electrons. The van der Waals surface area contributed by atoms with Gasteiger partial charge in [0.2, 0.25) is 11.8 Å². The third-order valence-electron chi connectivity index (χ3n) is 5.28. The molecule has 1 N–H and O–H groups in total. The Kier molecular flexibility index (Phi) is 5.48. The molecule has 4 rings (SSSR count). The minimum absolute atomic E-state index is 0.00266. The number of anilines is 1. The van der Waals surface area contributed by atoms with Crippen molar-refractivity contribution in [2.45, 2.75) is 48.3 Å². The van der Waals surface area contributed by atoms with Gasteiger partial charge in [0.05, 0.1) is 5.69 Å². The molecule has 0 unspecified atom stereocenters. The highest BCUT2D eigenvalue weighted by atomic mass is 32.2. The second-order valence-corrected chi connectivity index (χ2v) is 8.46. The first-order chi connectivity index (χ1) is 13.2. The quantitative estimate of drug-likeness (QED) is 0.860. The summed E-state index contributed by atoms with van der Waals surface area (Å²) in [5, 5.41) is 3.16. The van der Waals surface area contributed by atoms with Gasteiger partial charge in [0.25, 0.3) is 0 Å². The molecular weight excluding hydrogens is 356 g/mol. The molecule has 1 aliphatic heterocycles. The fraction of sp³-hybridized carbons (Fsp3) is 0.364. The standard InChI is InChI=1S/C22H24N2O2S/c25-21(23-17-10-4-5-11-17)15-24-18-12-6-7-13-19(18)27-20(14-22(24)26)16-8-2-1-3-9-16/h1-3,6-9,12-13,17,20H,4-5,10-11,14-15H2,(H,23,25)/t20-/m0/s1. The van der Waals surface area contributed by atoms with Gasteiger partial charge in [0.1, 0.15) is 6.54 Å². The van der Waals surface area contributed by atoms with Gasteiger partial charge < -0.3 is 10.2 Å². The Morgan fingerprint density at radius 1 is 1.04 bits per heavy atom. The molecule has 1 saturated carbocycles. The Morgan fingerprint density at radius 2 is 1.74 bits per heavy atom. The summed E-state index contributed by atoms with van der Waals surface area (Å²) in [6.45, 7) is 0.0917. The second kappa shape index (κ2) is 8.17. The number of benzene rings is 2.